The molecule has 0 saturated carbocycles. The van der Waals surface area contributed by atoms with E-state index in [2.05, 4.69) is 16.8 Å². The van der Waals surface area contributed by atoms with Crippen LogP contribution in [0.1, 0.15) is 15.9 Å². The summed E-state index contributed by atoms with van der Waals surface area (Å²) in [5.41, 5.74) is 1.25. The zero-order chi connectivity index (χ0) is 13.8. The summed E-state index contributed by atoms with van der Waals surface area (Å²) in [5, 5.41) is 9.16. The third-order valence-corrected chi connectivity index (χ3v) is 3.50. The summed E-state index contributed by atoms with van der Waals surface area (Å²) in [5.74, 6) is -0.535. The molecule has 1 N–H and O–H groups in total. The standard InChI is InChI=1S/C14H20N2O3/c1-15-5-7-16(8-6-15)10-11-3-4-13(19-2)12(9-11)14(17)18/h3-4,9H,5-8,10H2,1-2H3,(H,17,18). The SMILES string of the molecule is COc1ccc(CN2CCN(C)CC2)cc1C(=O)O. The van der Waals surface area contributed by atoms with Crippen LogP contribution in [0.15, 0.2) is 18.2 Å². The van der Waals surface area contributed by atoms with Gasteiger partial charge in [-0.25, -0.2) is 4.79 Å². The predicted octanol–water partition coefficient (Wildman–Crippen LogP) is 1.14. The molecule has 0 radical (unpaired) electrons. The Labute approximate surface area is 113 Å². The second-order valence-electron chi connectivity index (χ2n) is 4.92. The molecule has 1 aromatic carbocycles. The van der Waals surface area contributed by atoms with Crippen LogP contribution in [-0.4, -0.2) is 61.2 Å². The van der Waals surface area contributed by atoms with Gasteiger partial charge < -0.3 is 14.7 Å². The average molecular weight is 264 g/mol. The zero-order valence-electron chi connectivity index (χ0n) is 11.4. The fourth-order valence-electron chi connectivity index (χ4n) is 2.28. The number of piperazine rings is 1. The van der Waals surface area contributed by atoms with Gasteiger partial charge in [0.25, 0.3) is 0 Å². The van der Waals surface area contributed by atoms with Crippen molar-refractivity contribution in [1.29, 1.82) is 0 Å². The summed E-state index contributed by atoms with van der Waals surface area (Å²) in [6, 6.07) is 5.37. The number of aromatic carboxylic acids is 1. The molecular formula is C14H20N2O3. The van der Waals surface area contributed by atoms with E-state index in [-0.39, 0.29) is 5.56 Å². The quantitative estimate of drug-likeness (QED) is 0.884. The predicted molar refractivity (Wildman–Crippen MR) is 72.7 cm³/mol. The van der Waals surface area contributed by atoms with Crippen molar-refractivity contribution in [3.05, 3.63) is 29.3 Å². The lowest BCUT2D eigenvalue weighted by Gasteiger charge is -2.32. The smallest absolute Gasteiger partial charge is 0.339 e. The summed E-state index contributed by atoms with van der Waals surface area (Å²) in [6.45, 7) is 4.94. The van der Waals surface area contributed by atoms with Gasteiger partial charge in [0.05, 0.1) is 7.11 Å². The number of likely N-dealkylation sites (N-methyl/N-ethyl adjacent to an activating group) is 1. The maximum Gasteiger partial charge on any atom is 0.339 e. The molecule has 1 fully saturated rings. The average Bonchev–Trinajstić information content (AvgIpc) is 2.41. The lowest BCUT2D eigenvalue weighted by atomic mass is 10.1. The van der Waals surface area contributed by atoms with Gasteiger partial charge in [-0.1, -0.05) is 6.07 Å². The number of nitrogens with zero attached hydrogens (tertiary/aromatic N) is 2. The zero-order valence-corrected chi connectivity index (χ0v) is 11.4. The Bertz CT molecular complexity index is 454. The van der Waals surface area contributed by atoms with Gasteiger partial charge in [-0.3, -0.25) is 4.90 Å². The Balaban J connectivity index is 2.08. The number of hydrogen-bond acceptors (Lipinski definition) is 4. The molecule has 0 aromatic heterocycles. The Hall–Kier alpha value is -1.59. The highest BCUT2D eigenvalue weighted by Crippen LogP contribution is 2.21. The van der Waals surface area contributed by atoms with Crippen molar-refractivity contribution in [2.75, 3.05) is 40.3 Å². The van der Waals surface area contributed by atoms with Gasteiger partial charge in [0.2, 0.25) is 0 Å². The van der Waals surface area contributed by atoms with E-state index in [1.807, 2.05) is 6.07 Å². The Kier molecular flexibility index (Phi) is 4.39. The van der Waals surface area contributed by atoms with Crippen LogP contribution in [0.2, 0.25) is 0 Å². The maximum atomic E-state index is 11.2. The summed E-state index contributed by atoms with van der Waals surface area (Å²) in [7, 11) is 3.61. The number of benzene rings is 1. The van der Waals surface area contributed by atoms with Crippen molar-refractivity contribution in [3.63, 3.8) is 0 Å². The van der Waals surface area contributed by atoms with Gasteiger partial charge in [-0.15, -0.1) is 0 Å². The number of hydrogen-bond donors (Lipinski definition) is 1. The number of rotatable bonds is 4. The Morgan fingerprint density at radius 2 is 2.00 bits per heavy atom. The van der Waals surface area contributed by atoms with E-state index >= 15 is 0 Å². The summed E-state index contributed by atoms with van der Waals surface area (Å²) < 4.78 is 5.06. The van der Waals surface area contributed by atoms with Crippen molar-refractivity contribution < 1.29 is 14.6 Å². The fraction of sp³-hybridized carbons (Fsp3) is 0.500. The van der Waals surface area contributed by atoms with Crippen LogP contribution in [0.3, 0.4) is 0 Å². The highest BCUT2D eigenvalue weighted by Gasteiger charge is 2.16. The van der Waals surface area contributed by atoms with E-state index in [4.69, 9.17) is 9.84 Å². The molecule has 0 bridgehead atoms. The van der Waals surface area contributed by atoms with Crippen LogP contribution in [0.4, 0.5) is 0 Å². The van der Waals surface area contributed by atoms with E-state index in [0.717, 1.165) is 38.3 Å². The first kappa shape index (κ1) is 13.8. The topological polar surface area (TPSA) is 53.0 Å². The molecule has 0 unspecified atom stereocenters. The van der Waals surface area contributed by atoms with Crippen molar-refractivity contribution in [1.82, 2.24) is 9.80 Å². The van der Waals surface area contributed by atoms with Crippen LogP contribution in [0, 0.1) is 0 Å². The van der Waals surface area contributed by atoms with E-state index in [9.17, 15) is 4.79 Å². The van der Waals surface area contributed by atoms with Crippen LogP contribution in [-0.2, 0) is 6.54 Å². The monoisotopic (exact) mass is 264 g/mol. The minimum absolute atomic E-state index is 0.231. The number of methoxy groups -OCH3 is 1. The highest BCUT2D eigenvalue weighted by molar-refractivity contribution is 5.91. The summed E-state index contributed by atoms with van der Waals surface area (Å²) >= 11 is 0. The molecule has 0 amide bonds. The van der Waals surface area contributed by atoms with Crippen LogP contribution < -0.4 is 4.74 Å². The van der Waals surface area contributed by atoms with Crippen LogP contribution in [0.5, 0.6) is 5.75 Å². The van der Waals surface area contributed by atoms with E-state index in [1.165, 1.54) is 7.11 Å². The molecule has 104 valence electrons. The van der Waals surface area contributed by atoms with Crippen molar-refractivity contribution in [2.45, 2.75) is 6.54 Å². The number of carbonyl (C=O) groups is 1. The van der Waals surface area contributed by atoms with E-state index < -0.39 is 5.97 Å². The summed E-state index contributed by atoms with van der Waals surface area (Å²) in [4.78, 5) is 15.8. The van der Waals surface area contributed by atoms with Gasteiger partial charge in [0.1, 0.15) is 11.3 Å². The normalized spacial score (nSPS) is 17.4. The lowest BCUT2D eigenvalue weighted by Crippen LogP contribution is -2.43. The van der Waals surface area contributed by atoms with Gasteiger partial charge in [-0.05, 0) is 24.7 Å². The molecular weight excluding hydrogens is 244 g/mol. The summed E-state index contributed by atoms with van der Waals surface area (Å²) in [6.07, 6.45) is 0. The van der Waals surface area contributed by atoms with Gasteiger partial charge in [-0.2, -0.15) is 0 Å². The fourth-order valence-corrected chi connectivity index (χ4v) is 2.28. The Morgan fingerprint density at radius 3 is 2.58 bits per heavy atom. The molecule has 0 aliphatic carbocycles. The molecule has 19 heavy (non-hydrogen) atoms. The second-order valence-corrected chi connectivity index (χ2v) is 4.92. The van der Waals surface area contributed by atoms with Crippen molar-refractivity contribution >= 4 is 5.97 Å². The minimum atomic E-state index is -0.947. The van der Waals surface area contributed by atoms with Gasteiger partial charge in [0.15, 0.2) is 0 Å². The Morgan fingerprint density at radius 1 is 1.32 bits per heavy atom. The molecule has 5 nitrogen and oxygen atoms in total. The molecule has 1 aliphatic rings. The minimum Gasteiger partial charge on any atom is -0.496 e. The molecule has 0 atom stereocenters. The van der Waals surface area contributed by atoms with Crippen molar-refractivity contribution in [3.8, 4) is 5.75 Å². The molecule has 1 heterocycles. The molecule has 2 rings (SSSR count). The third kappa shape index (κ3) is 3.45. The maximum absolute atomic E-state index is 11.2. The van der Waals surface area contributed by atoms with E-state index in [1.54, 1.807) is 12.1 Å². The number of carboxylic acids is 1. The molecule has 5 heteroatoms. The first-order chi connectivity index (χ1) is 9.10. The van der Waals surface area contributed by atoms with Gasteiger partial charge >= 0.3 is 5.97 Å². The lowest BCUT2D eigenvalue weighted by molar-refractivity contribution is 0.0693. The highest BCUT2D eigenvalue weighted by atomic mass is 16.5. The molecule has 1 aliphatic heterocycles. The second kappa shape index (κ2) is 6.04. The molecule has 1 aromatic rings. The van der Waals surface area contributed by atoms with E-state index in [0.29, 0.717) is 5.75 Å². The van der Waals surface area contributed by atoms with Crippen LogP contribution in [0.25, 0.3) is 0 Å². The molecule has 0 spiro atoms. The number of carboxylic acid groups (broad SMARTS) is 1. The largest absolute Gasteiger partial charge is 0.496 e. The van der Waals surface area contributed by atoms with Crippen LogP contribution >= 0.6 is 0 Å². The van der Waals surface area contributed by atoms with Gasteiger partial charge in [0, 0.05) is 32.7 Å². The third-order valence-electron chi connectivity index (χ3n) is 3.50. The first-order valence-electron chi connectivity index (χ1n) is 6.41. The molecule has 1 saturated heterocycles. The van der Waals surface area contributed by atoms with Crippen molar-refractivity contribution in [2.24, 2.45) is 0 Å². The first-order valence-corrected chi connectivity index (χ1v) is 6.41. The number of ether oxygens (including phenoxy) is 1.